The molecule has 0 fully saturated rings. The van der Waals surface area contributed by atoms with Gasteiger partial charge in [-0.15, -0.1) is 0 Å². The molecule has 3 aliphatic carbocycles. The Labute approximate surface area is 277 Å². The number of aliphatic imine (C=N–C) groups is 1. The summed E-state index contributed by atoms with van der Waals surface area (Å²) >= 11 is 0. The van der Waals surface area contributed by atoms with Gasteiger partial charge in [0.05, 0.1) is 17.1 Å². The Morgan fingerprint density at radius 3 is 2.34 bits per heavy atom. The Balaban J connectivity index is 1.47. The van der Waals surface area contributed by atoms with E-state index in [1.165, 1.54) is 49.7 Å². The maximum absolute atomic E-state index is 7.13. The second-order valence-corrected chi connectivity index (χ2v) is 13.4. The van der Waals surface area contributed by atoms with E-state index in [4.69, 9.17) is 10.7 Å². The van der Waals surface area contributed by atoms with Gasteiger partial charge in [0.2, 0.25) is 0 Å². The minimum absolute atomic E-state index is 0.00525. The molecular formula is C45H38N2. The van der Waals surface area contributed by atoms with Crippen molar-refractivity contribution < 1.29 is 0 Å². The lowest BCUT2D eigenvalue weighted by atomic mass is 9.79. The summed E-state index contributed by atoms with van der Waals surface area (Å²) in [6.45, 7) is 11.2. The van der Waals surface area contributed by atoms with E-state index >= 15 is 0 Å². The molecular weight excluding hydrogens is 569 g/mol. The Morgan fingerprint density at radius 2 is 1.53 bits per heavy atom. The monoisotopic (exact) mass is 606 g/mol. The number of nitrogens with two attached hydrogens (primary N) is 1. The number of fused-ring (bicyclic) bond motifs is 4. The lowest BCUT2D eigenvalue weighted by Gasteiger charge is -2.24. The average molecular weight is 607 g/mol. The van der Waals surface area contributed by atoms with Crippen LogP contribution in [0.1, 0.15) is 54.5 Å². The molecule has 0 saturated heterocycles. The van der Waals surface area contributed by atoms with Gasteiger partial charge in [0, 0.05) is 11.0 Å². The quantitative estimate of drug-likeness (QED) is 0.160. The van der Waals surface area contributed by atoms with E-state index in [0.717, 1.165) is 51.7 Å². The van der Waals surface area contributed by atoms with Gasteiger partial charge in [-0.3, -0.25) is 0 Å². The largest absolute Gasteiger partial charge is 0.396 e. The van der Waals surface area contributed by atoms with Crippen LogP contribution in [-0.2, 0) is 5.41 Å². The molecule has 2 nitrogen and oxygen atoms in total. The molecule has 2 N–H and O–H groups in total. The molecule has 2 heteroatoms. The lowest BCUT2D eigenvalue weighted by molar-refractivity contribution is 0.651. The topological polar surface area (TPSA) is 38.4 Å². The molecule has 5 aromatic carbocycles. The molecule has 0 heterocycles. The van der Waals surface area contributed by atoms with Gasteiger partial charge in [-0.2, -0.15) is 0 Å². The zero-order valence-corrected chi connectivity index (χ0v) is 27.3. The molecule has 0 amide bonds. The summed E-state index contributed by atoms with van der Waals surface area (Å²) in [4.78, 5) is 5.32. The van der Waals surface area contributed by atoms with Crippen molar-refractivity contribution in [3.8, 4) is 11.1 Å². The van der Waals surface area contributed by atoms with Gasteiger partial charge in [-0.25, -0.2) is 4.99 Å². The molecule has 3 aliphatic rings. The highest BCUT2D eigenvalue weighted by Gasteiger charge is 2.37. The highest BCUT2D eigenvalue weighted by atomic mass is 14.8. The predicted octanol–water partition coefficient (Wildman–Crippen LogP) is 11.3. The van der Waals surface area contributed by atoms with Gasteiger partial charge in [0.1, 0.15) is 0 Å². The molecule has 0 atom stereocenters. The van der Waals surface area contributed by atoms with Crippen LogP contribution in [0.15, 0.2) is 150 Å². The summed E-state index contributed by atoms with van der Waals surface area (Å²) in [6, 6.07) is 32.9. The first kappa shape index (κ1) is 29.0. The molecule has 0 radical (unpaired) electrons. The number of hydrogen-bond acceptors (Lipinski definition) is 2. The highest BCUT2D eigenvalue weighted by molar-refractivity contribution is 6.22. The summed E-state index contributed by atoms with van der Waals surface area (Å²) in [5.41, 5.74) is 21.7. The van der Waals surface area contributed by atoms with Crippen LogP contribution in [0.3, 0.4) is 0 Å². The number of nitrogens with zero attached hydrogens (tertiary/aromatic N) is 1. The predicted molar refractivity (Wildman–Crippen MR) is 202 cm³/mol. The third kappa shape index (κ3) is 4.67. The van der Waals surface area contributed by atoms with E-state index in [1.807, 2.05) is 42.5 Å². The van der Waals surface area contributed by atoms with Crippen LogP contribution in [0, 0.1) is 6.92 Å². The van der Waals surface area contributed by atoms with Crippen molar-refractivity contribution in [2.45, 2.75) is 39.0 Å². The number of rotatable bonds is 4. The fourth-order valence-corrected chi connectivity index (χ4v) is 7.77. The minimum atomic E-state index is 0.00525. The smallest absolute Gasteiger partial charge is 0.0957 e. The third-order valence-electron chi connectivity index (χ3n) is 10.1. The van der Waals surface area contributed by atoms with Crippen LogP contribution >= 0.6 is 0 Å². The summed E-state index contributed by atoms with van der Waals surface area (Å²) in [7, 11) is 0. The van der Waals surface area contributed by atoms with Crippen molar-refractivity contribution in [3.63, 3.8) is 0 Å². The maximum Gasteiger partial charge on any atom is 0.0957 e. The fraction of sp³-hybridized carbons (Fsp3) is 0.133. The maximum atomic E-state index is 7.13. The average Bonchev–Trinajstić information content (AvgIpc) is 3.32. The summed E-state index contributed by atoms with van der Waals surface area (Å²) in [5, 5.41) is 4.64. The standard InChI is InChI=1S/C45H38N2/c1-28-22-24-35-37(26-28)41(31-23-25-39-36(27-31)32-17-11-12-20-38(32)45(39,3)4)33-18-9-10-19-34(33)42(35)44(43(46)30-15-6-5-7-16-30)47-40-21-13-8-14-29(40)2/h5-10,12-16,18-27H,2,11,17,46H2,1,3-4H3/b44-43-,47-40-. The minimum Gasteiger partial charge on any atom is -0.396 e. The molecule has 8 rings (SSSR count). The van der Waals surface area contributed by atoms with E-state index in [0.29, 0.717) is 5.70 Å². The molecule has 0 aliphatic heterocycles. The third-order valence-corrected chi connectivity index (χ3v) is 10.1. The highest BCUT2D eigenvalue weighted by Crippen LogP contribution is 2.52. The summed E-state index contributed by atoms with van der Waals surface area (Å²) in [6.07, 6.45) is 14.9. The molecule has 5 aromatic rings. The summed E-state index contributed by atoms with van der Waals surface area (Å²) in [5.74, 6) is 0. The van der Waals surface area contributed by atoms with Crippen molar-refractivity contribution in [1.82, 2.24) is 0 Å². The van der Waals surface area contributed by atoms with E-state index in [1.54, 1.807) is 0 Å². The van der Waals surface area contributed by atoms with Crippen molar-refractivity contribution in [1.29, 1.82) is 0 Å². The van der Waals surface area contributed by atoms with Crippen LogP contribution in [0.4, 0.5) is 0 Å². The first-order chi connectivity index (χ1) is 22.8. The Kier molecular flexibility index (Phi) is 6.84. The van der Waals surface area contributed by atoms with Crippen LogP contribution in [0.5, 0.6) is 0 Å². The Morgan fingerprint density at radius 1 is 0.787 bits per heavy atom. The lowest BCUT2D eigenvalue weighted by Crippen LogP contribution is -2.16. The summed E-state index contributed by atoms with van der Waals surface area (Å²) < 4.78 is 0. The zero-order chi connectivity index (χ0) is 32.3. The number of benzene rings is 5. The Hall–Kier alpha value is -5.47. The van der Waals surface area contributed by atoms with Crippen LogP contribution < -0.4 is 5.73 Å². The van der Waals surface area contributed by atoms with Gasteiger partial charge >= 0.3 is 0 Å². The molecule has 228 valence electrons. The number of allylic oxidation sites excluding steroid dienone is 9. The SMILES string of the molecule is C=C1C=CC=C/C1=N/C(=C(\N)c1ccccc1)c1c2ccccc2c(-c2ccc3c(c2)C2=C(C=CCC2)C3(C)C)c2cc(C)ccc12. The molecule has 0 saturated carbocycles. The van der Waals surface area contributed by atoms with Crippen molar-refractivity contribution in [2.24, 2.45) is 10.7 Å². The second-order valence-electron chi connectivity index (χ2n) is 13.4. The van der Waals surface area contributed by atoms with E-state index in [2.05, 4.69) is 112 Å². The van der Waals surface area contributed by atoms with Gasteiger partial charge < -0.3 is 5.73 Å². The molecule has 0 unspecified atom stereocenters. The second kappa shape index (κ2) is 11.1. The number of aryl methyl sites for hydroxylation is 1. The van der Waals surface area contributed by atoms with Gasteiger partial charge in [-0.05, 0) is 98.0 Å². The van der Waals surface area contributed by atoms with Gasteiger partial charge in [0.25, 0.3) is 0 Å². The Bertz CT molecular complexity index is 2330. The molecule has 0 bridgehead atoms. The first-order valence-electron chi connectivity index (χ1n) is 16.5. The number of hydrogen-bond donors (Lipinski definition) is 1. The van der Waals surface area contributed by atoms with Gasteiger partial charge in [-0.1, -0.05) is 141 Å². The first-order valence-corrected chi connectivity index (χ1v) is 16.5. The van der Waals surface area contributed by atoms with Crippen molar-refractivity contribution >= 4 is 44.2 Å². The van der Waals surface area contributed by atoms with E-state index < -0.39 is 0 Å². The van der Waals surface area contributed by atoms with Crippen LogP contribution in [0.2, 0.25) is 0 Å². The van der Waals surface area contributed by atoms with Crippen molar-refractivity contribution in [3.05, 3.63) is 173 Å². The van der Waals surface area contributed by atoms with Crippen LogP contribution in [0.25, 0.3) is 49.6 Å². The molecule has 0 aromatic heterocycles. The fourth-order valence-electron chi connectivity index (χ4n) is 7.77. The zero-order valence-electron chi connectivity index (χ0n) is 27.3. The van der Waals surface area contributed by atoms with Crippen molar-refractivity contribution in [2.75, 3.05) is 0 Å². The molecule has 0 spiro atoms. The normalized spacial score (nSPS) is 17.9. The van der Waals surface area contributed by atoms with E-state index in [9.17, 15) is 0 Å². The van der Waals surface area contributed by atoms with Gasteiger partial charge in [0.15, 0.2) is 0 Å². The molecule has 47 heavy (non-hydrogen) atoms. The van der Waals surface area contributed by atoms with Crippen LogP contribution in [-0.4, -0.2) is 5.71 Å². The van der Waals surface area contributed by atoms with E-state index in [-0.39, 0.29) is 5.41 Å².